The molecule has 4 aliphatic carbocycles. The van der Waals surface area contributed by atoms with Crippen molar-refractivity contribution in [3.8, 4) is 0 Å². The van der Waals surface area contributed by atoms with Gasteiger partial charge in [0.05, 0.1) is 12.0 Å². The Bertz CT molecular complexity index is 743. The third kappa shape index (κ3) is 3.71. The predicted molar refractivity (Wildman–Crippen MR) is 131 cm³/mol. The summed E-state index contributed by atoms with van der Waals surface area (Å²) in [7, 11) is 4.22. The second-order valence-corrected chi connectivity index (χ2v) is 13.1. The van der Waals surface area contributed by atoms with Crippen LogP contribution in [0.25, 0.3) is 0 Å². The quantitative estimate of drug-likeness (QED) is 0.515. The molecule has 5 heteroatoms. The van der Waals surface area contributed by atoms with Crippen LogP contribution in [0.5, 0.6) is 0 Å². The van der Waals surface area contributed by atoms with Gasteiger partial charge in [-0.15, -0.1) is 0 Å². The molecule has 0 aromatic carbocycles. The fraction of sp³-hybridized carbons (Fsp3) is 0.964. The lowest BCUT2D eigenvalue weighted by Crippen LogP contribution is -2.69. The zero-order valence-corrected chi connectivity index (χ0v) is 21.6. The van der Waals surface area contributed by atoms with Crippen molar-refractivity contribution in [2.75, 3.05) is 27.2 Å². The first-order valence-electron chi connectivity index (χ1n) is 14.0. The maximum atomic E-state index is 11.9. The fourth-order valence-corrected chi connectivity index (χ4v) is 10.0. The van der Waals surface area contributed by atoms with E-state index in [0.717, 1.165) is 44.2 Å². The van der Waals surface area contributed by atoms with Gasteiger partial charge in [-0.25, -0.2) is 0 Å². The van der Waals surface area contributed by atoms with E-state index in [4.69, 9.17) is 4.74 Å². The second kappa shape index (κ2) is 8.78. The molecule has 0 aromatic heterocycles. The first kappa shape index (κ1) is 24.1. The van der Waals surface area contributed by atoms with Gasteiger partial charge in [0, 0.05) is 11.3 Å². The van der Waals surface area contributed by atoms with E-state index in [0.29, 0.717) is 17.3 Å². The summed E-state index contributed by atoms with van der Waals surface area (Å²) < 4.78 is 7.30. The molecule has 0 aromatic rings. The largest absolute Gasteiger partial charge is 0.481 e. The molecular weight excluding hydrogens is 412 g/mol. The van der Waals surface area contributed by atoms with Crippen LogP contribution in [0.1, 0.15) is 90.9 Å². The van der Waals surface area contributed by atoms with Crippen molar-refractivity contribution in [2.24, 2.45) is 40.4 Å². The highest BCUT2D eigenvalue weighted by atomic mass is 16.5. The monoisotopic (exact) mass is 460 g/mol. The van der Waals surface area contributed by atoms with Gasteiger partial charge in [-0.1, -0.05) is 26.7 Å². The number of aliphatic carboxylic acids is 1. The van der Waals surface area contributed by atoms with Crippen molar-refractivity contribution >= 4 is 5.97 Å². The Morgan fingerprint density at radius 2 is 1.79 bits per heavy atom. The number of carboxylic acids is 1. The first-order chi connectivity index (χ1) is 15.7. The summed E-state index contributed by atoms with van der Waals surface area (Å²) in [6, 6.07) is 0. The third-order valence-corrected chi connectivity index (χ3v) is 11.6. The van der Waals surface area contributed by atoms with E-state index in [1.165, 1.54) is 51.4 Å². The zero-order valence-electron chi connectivity index (χ0n) is 21.6. The fourth-order valence-electron chi connectivity index (χ4n) is 10.0. The summed E-state index contributed by atoms with van der Waals surface area (Å²) in [6.45, 7) is 7.06. The van der Waals surface area contributed by atoms with Crippen molar-refractivity contribution < 1.29 is 14.6 Å². The lowest BCUT2D eigenvalue weighted by atomic mass is 9.42. The molecule has 5 nitrogen and oxygen atoms in total. The van der Waals surface area contributed by atoms with Gasteiger partial charge < -0.3 is 14.7 Å². The van der Waals surface area contributed by atoms with Crippen LogP contribution in [0.15, 0.2) is 0 Å². The Kier molecular flexibility index (Phi) is 6.40. The molecule has 188 valence electrons. The number of carboxylic acid groups (broad SMARTS) is 1. The van der Waals surface area contributed by atoms with Crippen LogP contribution in [0.4, 0.5) is 0 Å². The number of nitrogens with zero attached hydrogens (tertiary/aromatic N) is 1. The highest BCUT2D eigenvalue weighted by Crippen LogP contribution is 2.73. The number of hydrogen-bond donors (Lipinski definition) is 2. The van der Waals surface area contributed by atoms with E-state index in [1.807, 2.05) is 0 Å². The van der Waals surface area contributed by atoms with Crippen LogP contribution in [0.2, 0.25) is 0 Å². The Balaban J connectivity index is 1.43. The number of fused-ring (bicyclic) bond motifs is 3. The van der Waals surface area contributed by atoms with Gasteiger partial charge in [-0.2, -0.15) is 0 Å². The highest BCUT2D eigenvalue weighted by molar-refractivity contribution is 5.67. The minimum atomic E-state index is -0.671. The topological polar surface area (TPSA) is 61.8 Å². The Hall–Kier alpha value is -0.650. The average molecular weight is 461 g/mol. The molecule has 1 aliphatic heterocycles. The van der Waals surface area contributed by atoms with E-state index < -0.39 is 5.97 Å². The van der Waals surface area contributed by atoms with E-state index in [-0.39, 0.29) is 29.6 Å². The van der Waals surface area contributed by atoms with Gasteiger partial charge in [0.2, 0.25) is 0 Å². The number of nitrogens with one attached hydrogen (secondary N) is 1. The summed E-state index contributed by atoms with van der Waals surface area (Å²) >= 11 is 0. The van der Waals surface area contributed by atoms with Gasteiger partial charge >= 0.3 is 5.97 Å². The van der Waals surface area contributed by atoms with E-state index in [9.17, 15) is 9.90 Å². The van der Waals surface area contributed by atoms with Crippen molar-refractivity contribution in [3.63, 3.8) is 0 Å². The van der Waals surface area contributed by atoms with Gasteiger partial charge in [0.25, 0.3) is 0 Å². The molecule has 0 radical (unpaired) electrons. The molecule has 0 unspecified atom stereocenters. The zero-order chi connectivity index (χ0) is 23.4. The standard InChI is InChI=1S/C28H48N2O3/c1-26-13-6-5-8-19(26)9-10-23-22(26)11-14-27(2)21-12-15-28(23,27)33-25(20(21)18-24(31)32)29-16-7-17-30(3)4/h19-23,25,29H,5-18H2,1-4H3,(H,31,32)/t19-,20+,21+,22-,23+,25-,26-,27+,28-/m0/s1. The molecule has 5 aliphatic rings. The molecule has 5 rings (SSSR count). The number of ether oxygens (including phenoxy) is 1. The van der Waals surface area contributed by atoms with E-state index >= 15 is 0 Å². The molecular formula is C28H48N2O3. The maximum Gasteiger partial charge on any atom is 0.303 e. The number of rotatable bonds is 7. The molecule has 4 saturated carbocycles. The summed E-state index contributed by atoms with van der Waals surface area (Å²) in [5.74, 6) is 2.22. The van der Waals surface area contributed by atoms with Crippen LogP contribution in [0, 0.1) is 40.4 Å². The van der Waals surface area contributed by atoms with Crippen molar-refractivity contribution in [2.45, 2.75) is 103 Å². The molecule has 5 fully saturated rings. The molecule has 2 N–H and O–H groups in total. The lowest BCUT2D eigenvalue weighted by molar-refractivity contribution is -0.294. The van der Waals surface area contributed by atoms with Crippen LogP contribution in [-0.2, 0) is 9.53 Å². The van der Waals surface area contributed by atoms with Crippen LogP contribution in [0.3, 0.4) is 0 Å². The SMILES string of the molecule is CN(C)CCCN[C@H]1O[C@]23CC[C@H]([C@H]1CC(=O)O)[C@@]2(C)CC[C@H]1[C@H]3CC[C@@H]2CCCC[C@@]21C. The predicted octanol–water partition coefficient (Wildman–Crippen LogP) is 5.15. The van der Waals surface area contributed by atoms with Crippen molar-refractivity contribution in [1.29, 1.82) is 0 Å². The van der Waals surface area contributed by atoms with Gasteiger partial charge in [0.1, 0.15) is 6.23 Å². The molecule has 1 heterocycles. The Labute approximate surface area is 201 Å². The third-order valence-electron chi connectivity index (χ3n) is 11.6. The summed E-state index contributed by atoms with van der Waals surface area (Å²) in [5, 5.41) is 13.5. The Morgan fingerprint density at radius 1 is 1.00 bits per heavy atom. The van der Waals surface area contributed by atoms with Crippen LogP contribution < -0.4 is 5.32 Å². The maximum absolute atomic E-state index is 11.9. The number of hydrogen-bond acceptors (Lipinski definition) is 4. The van der Waals surface area contributed by atoms with Crippen LogP contribution >= 0.6 is 0 Å². The minimum Gasteiger partial charge on any atom is -0.481 e. The molecule has 2 bridgehead atoms. The van der Waals surface area contributed by atoms with E-state index in [1.54, 1.807) is 0 Å². The van der Waals surface area contributed by atoms with Crippen molar-refractivity contribution in [1.82, 2.24) is 10.2 Å². The summed E-state index contributed by atoms with van der Waals surface area (Å²) in [6.07, 6.45) is 14.4. The molecule has 33 heavy (non-hydrogen) atoms. The van der Waals surface area contributed by atoms with Gasteiger partial charge in [0.15, 0.2) is 0 Å². The molecule has 0 amide bonds. The minimum absolute atomic E-state index is 0.0553. The summed E-state index contributed by atoms with van der Waals surface area (Å²) in [4.78, 5) is 14.1. The first-order valence-corrected chi connectivity index (χ1v) is 14.0. The van der Waals surface area contributed by atoms with Gasteiger partial charge in [-0.05, 0) is 114 Å². The summed E-state index contributed by atoms with van der Waals surface area (Å²) in [5.41, 5.74) is 0.569. The smallest absolute Gasteiger partial charge is 0.303 e. The Morgan fingerprint density at radius 3 is 2.55 bits per heavy atom. The molecule has 1 saturated heterocycles. The highest BCUT2D eigenvalue weighted by Gasteiger charge is 2.72. The van der Waals surface area contributed by atoms with Gasteiger partial charge in [-0.3, -0.25) is 10.1 Å². The van der Waals surface area contributed by atoms with Crippen molar-refractivity contribution in [3.05, 3.63) is 0 Å². The lowest BCUT2D eigenvalue weighted by Gasteiger charge is -2.67. The average Bonchev–Trinajstić information content (AvgIpc) is 2.95. The van der Waals surface area contributed by atoms with E-state index in [2.05, 4.69) is 38.2 Å². The second-order valence-electron chi connectivity index (χ2n) is 13.1. The number of carbonyl (C=O) groups is 1. The molecule has 9 atom stereocenters. The van der Waals surface area contributed by atoms with Crippen LogP contribution in [-0.4, -0.2) is 55.0 Å². The normalized spacial score (nSPS) is 48.8. The molecule has 0 spiro atoms.